The van der Waals surface area contributed by atoms with Gasteiger partial charge in [0, 0.05) is 18.5 Å². The molecule has 0 atom stereocenters. The van der Waals surface area contributed by atoms with Crippen LogP contribution < -0.4 is 10.6 Å². The largest absolute Gasteiger partial charge is 0.356 e. The van der Waals surface area contributed by atoms with Gasteiger partial charge in [0.15, 0.2) is 5.96 Å². The van der Waals surface area contributed by atoms with Crippen LogP contribution in [0.2, 0.25) is 0 Å². The minimum atomic E-state index is 0.850. The number of thiophene rings is 1. The van der Waals surface area contributed by atoms with Gasteiger partial charge in [0.05, 0.1) is 6.54 Å². The third kappa shape index (κ3) is 6.96. The van der Waals surface area contributed by atoms with E-state index in [2.05, 4.69) is 52.7 Å². The lowest BCUT2D eigenvalue weighted by Crippen LogP contribution is -2.37. The molecule has 1 aromatic heterocycles. The molecule has 0 unspecified atom stereocenters. The molecule has 0 aromatic carbocycles. The molecule has 0 saturated heterocycles. The van der Waals surface area contributed by atoms with Crippen LogP contribution in [0.1, 0.15) is 37.1 Å². The molecule has 0 aliphatic rings. The van der Waals surface area contributed by atoms with Gasteiger partial charge in [-0.05, 0) is 56.4 Å². The average Bonchev–Trinajstić information content (AvgIpc) is 2.91. The molecule has 0 bridgehead atoms. The molecular formula is C16H30N4S. The summed E-state index contributed by atoms with van der Waals surface area (Å²) in [4.78, 5) is 8.11. The minimum absolute atomic E-state index is 0.850. The first kappa shape index (κ1) is 18.0. The molecule has 5 heteroatoms. The predicted octanol–water partition coefficient (Wildman–Crippen LogP) is 2.84. The van der Waals surface area contributed by atoms with E-state index in [-0.39, 0.29) is 0 Å². The maximum atomic E-state index is 4.27. The van der Waals surface area contributed by atoms with Crippen molar-refractivity contribution in [2.75, 3.05) is 33.2 Å². The van der Waals surface area contributed by atoms with Crippen molar-refractivity contribution >= 4 is 17.3 Å². The molecule has 21 heavy (non-hydrogen) atoms. The van der Waals surface area contributed by atoms with Crippen molar-refractivity contribution in [3.05, 3.63) is 21.9 Å². The van der Waals surface area contributed by atoms with E-state index in [1.165, 1.54) is 29.8 Å². The third-order valence-electron chi connectivity index (χ3n) is 3.70. The van der Waals surface area contributed by atoms with E-state index < -0.39 is 0 Å². The number of hydrogen-bond donors (Lipinski definition) is 2. The zero-order valence-corrected chi connectivity index (χ0v) is 14.7. The fourth-order valence-corrected chi connectivity index (χ4v) is 3.02. The van der Waals surface area contributed by atoms with Crippen LogP contribution in [-0.2, 0) is 6.54 Å². The summed E-state index contributed by atoms with van der Waals surface area (Å²) in [5, 5.41) is 8.89. The highest BCUT2D eigenvalue weighted by Crippen LogP contribution is 2.14. The Morgan fingerprint density at radius 2 is 2.00 bits per heavy atom. The average molecular weight is 311 g/mol. The highest BCUT2D eigenvalue weighted by atomic mass is 32.1. The van der Waals surface area contributed by atoms with E-state index in [9.17, 15) is 0 Å². The maximum absolute atomic E-state index is 4.27. The molecule has 0 fully saturated rings. The van der Waals surface area contributed by atoms with Crippen molar-refractivity contribution in [3.63, 3.8) is 0 Å². The molecule has 0 radical (unpaired) electrons. The van der Waals surface area contributed by atoms with E-state index in [0.29, 0.717) is 0 Å². The van der Waals surface area contributed by atoms with Crippen LogP contribution >= 0.6 is 11.3 Å². The van der Waals surface area contributed by atoms with Gasteiger partial charge in [-0.3, -0.25) is 4.99 Å². The highest BCUT2D eigenvalue weighted by molar-refractivity contribution is 7.10. The Kier molecular flexibility index (Phi) is 9.10. The fourth-order valence-electron chi connectivity index (χ4n) is 2.18. The van der Waals surface area contributed by atoms with Crippen LogP contribution in [0.15, 0.2) is 16.4 Å². The quantitative estimate of drug-likeness (QED) is 0.418. The smallest absolute Gasteiger partial charge is 0.191 e. The van der Waals surface area contributed by atoms with E-state index in [1.807, 2.05) is 7.05 Å². The SMILES string of the molecule is CCN(CC)CCCCNC(=NC)NCc1sccc1C. The first-order chi connectivity index (χ1) is 10.2. The van der Waals surface area contributed by atoms with Gasteiger partial charge in [-0.25, -0.2) is 0 Å². The molecular weight excluding hydrogens is 280 g/mol. The Balaban J connectivity index is 2.16. The van der Waals surface area contributed by atoms with Crippen LogP contribution in [0.4, 0.5) is 0 Å². The van der Waals surface area contributed by atoms with Gasteiger partial charge in [0.25, 0.3) is 0 Å². The number of rotatable bonds is 9. The first-order valence-corrected chi connectivity index (χ1v) is 8.79. The summed E-state index contributed by atoms with van der Waals surface area (Å²) in [5.41, 5.74) is 1.35. The summed E-state index contributed by atoms with van der Waals surface area (Å²) in [6.07, 6.45) is 2.41. The number of nitrogens with one attached hydrogen (secondary N) is 2. The summed E-state index contributed by atoms with van der Waals surface area (Å²) in [7, 11) is 1.83. The number of hydrogen-bond acceptors (Lipinski definition) is 3. The molecule has 0 amide bonds. The second-order valence-corrected chi connectivity index (χ2v) is 6.11. The van der Waals surface area contributed by atoms with E-state index in [1.54, 1.807) is 11.3 Å². The van der Waals surface area contributed by atoms with Crippen LogP contribution in [0.5, 0.6) is 0 Å². The maximum Gasteiger partial charge on any atom is 0.191 e. The lowest BCUT2D eigenvalue weighted by molar-refractivity contribution is 0.297. The number of aliphatic imine (C=N–C) groups is 1. The molecule has 120 valence electrons. The second-order valence-electron chi connectivity index (χ2n) is 5.11. The molecule has 1 heterocycles. The van der Waals surface area contributed by atoms with E-state index >= 15 is 0 Å². The number of aryl methyl sites for hydroxylation is 1. The van der Waals surface area contributed by atoms with Crippen molar-refractivity contribution in [3.8, 4) is 0 Å². The number of guanidine groups is 1. The van der Waals surface area contributed by atoms with Gasteiger partial charge in [-0.2, -0.15) is 0 Å². The van der Waals surface area contributed by atoms with Crippen molar-refractivity contribution in [2.24, 2.45) is 4.99 Å². The Morgan fingerprint density at radius 1 is 1.24 bits per heavy atom. The monoisotopic (exact) mass is 310 g/mol. The Hall–Kier alpha value is -1.07. The molecule has 0 spiro atoms. The predicted molar refractivity (Wildman–Crippen MR) is 94.3 cm³/mol. The molecule has 1 aromatic rings. The second kappa shape index (κ2) is 10.6. The number of unbranched alkanes of at least 4 members (excludes halogenated alkanes) is 1. The van der Waals surface area contributed by atoms with Crippen LogP contribution in [0, 0.1) is 6.92 Å². The molecule has 2 N–H and O–H groups in total. The Morgan fingerprint density at radius 3 is 2.57 bits per heavy atom. The fraction of sp³-hybridized carbons (Fsp3) is 0.688. The van der Waals surface area contributed by atoms with E-state index in [0.717, 1.165) is 32.1 Å². The topological polar surface area (TPSA) is 39.7 Å². The summed E-state index contributed by atoms with van der Waals surface area (Å²) in [6, 6.07) is 2.16. The third-order valence-corrected chi connectivity index (χ3v) is 4.72. The Bertz CT molecular complexity index is 410. The van der Waals surface area contributed by atoms with Gasteiger partial charge < -0.3 is 15.5 Å². The Labute approximate surface area is 133 Å². The normalized spacial score (nSPS) is 12.0. The van der Waals surface area contributed by atoms with Crippen molar-refractivity contribution < 1.29 is 0 Å². The van der Waals surface area contributed by atoms with E-state index in [4.69, 9.17) is 0 Å². The molecule has 0 aliphatic heterocycles. The standard InChI is InChI=1S/C16H30N4S/c1-5-20(6-2)11-8-7-10-18-16(17-4)19-13-15-14(3)9-12-21-15/h9,12H,5-8,10-11,13H2,1-4H3,(H2,17,18,19). The minimum Gasteiger partial charge on any atom is -0.356 e. The van der Waals surface area contributed by atoms with Crippen molar-refractivity contribution in [2.45, 2.75) is 40.2 Å². The van der Waals surface area contributed by atoms with Gasteiger partial charge in [-0.1, -0.05) is 13.8 Å². The molecule has 4 nitrogen and oxygen atoms in total. The van der Waals surface area contributed by atoms with Gasteiger partial charge in [0.2, 0.25) is 0 Å². The molecule has 1 rings (SSSR count). The summed E-state index contributed by atoms with van der Waals surface area (Å²) in [6.45, 7) is 11.9. The van der Waals surface area contributed by atoms with Gasteiger partial charge in [0.1, 0.15) is 0 Å². The summed E-state index contributed by atoms with van der Waals surface area (Å²) in [5.74, 6) is 0.894. The van der Waals surface area contributed by atoms with Gasteiger partial charge >= 0.3 is 0 Å². The highest BCUT2D eigenvalue weighted by Gasteiger charge is 2.02. The number of nitrogens with zero attached hydrogens (tertiary/aromatic N) is 2. The van der Waals surface area contributed by atoms with Crippen LogP contribution in [0.3, 0.4) is 0 Å². The first-order valence-electron chi connectivity index (χ1n) is 7.91. The van der Waals surface area contributed by atoms with Crippen LogP contribution in [0.25, 0.3) is 0 Å². The lowest BCUT2D eigenvalue weighted by Gasteiger charge is -2.18. The zero-order chi connectivity index (χ0) is 15.5. The molecule has 0 saturated carbocycles. The molecule has 0 aliphatic carbocycles. The lowest BCUT2D eigenvalue weighted by atomic mass is 10.3. The zero-order valence-electron chi connectivity index (χ0n) is 13.9. The van der Waals surface area contributed by atoms with Gasteiger partial charge in [-0.15, -0.1) is 11.3 Å². The summed E-state index contributed by atoms with van der Waals surface area (Å²) >= 11 is 1.79. The van der Waals surface area contributed by atoms with Crippen molar-refractivity contribution in [1.29, 1.82) is 0 Å². The van der Waals surface area contributed by atoms with Crippen LogP contribution in [-0.4, -0.2) is 44.1 Å². The summed E-state index contributed by atoms with van der Waals surface area (Å²) < 4.78 is 0. The van der Waals surface area contributed by atoms with Crippen molar-refractivity contribution in [1.82, 2.24) is 15.5 Å².